The van der Waals surface area contributed by atoms with Gasteiger partial charge in [-0.3, -0.25) is 0 Å². The largest absolute Gasteiger partial charge is 0.319 e. The third kappa shape index (κ3) is 3.01. The van der Waals surface area contributed by atoms with Crippen LogP contribution in [0.1, 0.15) is 48.5 Å². The molecule has 1 aromatic heterocycles. The molecule has 0 saturated heterocycles. The van der Waals surface area contributed by atoms with Crippen LogP contribution in [0.25, 0.3) is 0 Å². The highest BCUT2D eigenvalue weighted by Crippen LogP contribution is 2.36. The van der Waals surface area contributed by atoms with Gasteiger partial charge in [0, 0.05) is 18.9 Å². The minimum atomic E-state index is 0.692. The first-order valence-corrected chi connectivity index (χ1v) is 7.08. The first-order chi connectivity index (χ1) is 7.79. The molecule has 0 aliphatic heterocycles. The third-order valence-electron chi connectivity index (χ3n) is 3.44. The van der Waals surface area contributed by atoms with Crippen molar-refractivity contribution in [2.45, 2.75) is 44.9 Å². The zero-order valence-corrected chi connectivity index (χ0v) is 11.0. The van der Waals surface area contributed by atoms with E-state index >= 15 is 0 Å². The highest BCUT2D eigenvalue weighted by Gasteiger charge is 2.22. The Labute approximate surface area is 102 Å². The van der Waals surface area contributed by atoms with Crippen molar-refractivity contribution in [3.63, 3.8) is 0 Å². The van der Waals surface area contributed by atoms with Crippen LogP contribution in [0.5, 0.6) is 0 Å². The standard InChI is InChI=1S/C12H21N3S/c1-9-3-5-10(6-4-9)12-15-14-11(16-12)7-8-13-2/h9-10,13H,3-8H2,1-2H3. The van der Waals surface area contributed by atoms with Crippen molar-refractivity contribution in [2.24, 2.45) is 5.92 Å². The highest BCUT2D eigenvalue weighted by molar-refractivity contribution is 7.11. The second-order valence-corrected chi connectivity index (χ2v) is 5.94. The quantitative estimate of drug-likeness (QED) is 0.877. The zero-order chi connectivity index (χ0) is 11.4. The Morgan fingerprint density at radius 3 is 2.69 bits per heavy atom. The lowest BCUT2D eigenvalue weighted by Gasteiger charge is -2.23. The number of aromatic nitrogens is 2. The summed E-state index contributed by atoms with van der Waals surface area (Å²) in [6, 6.07) is 0. The van der Waals surface area contributed by atoms with Crippen molar-refractivity contribution in [1.29, 1.82) is 0 Å². The van der Waals surface area contributed by atoms with Crippen LogP contribution in [0.4, 0.5) is 0 Å². The summed E-state index contributed by atoms with van der Waals surface area (Å²) in [6.07, 6.45) is 6.34. The van der Waals surface area contributed by atoms with Gasteiger partial charge in [-0.1, -0.05) is 19.8 Å². The summed E-state index contributed by atoms with van der Waals surface area (Å²) < 4.78 is 0. The van der Waals surface area contributed by atoms with Crippen molar-refractivity contribution >= 4 is 11.3 Å². The number of nitrogens with one attached hydrogen (secondary N) is 1. The van der Waals surface area contributed by atoms with Crippen LogP contribution in [0, 0.1) is 5.92 Å². The average Bonchev–Trinajstić information content (AvgIpc) is 2.76. The molecule has 90 valence electrons. The Morgan fingerprint density at radius 2 is 2.00 bits per heavy atom. The number of likely N-dealkylation sites (N-methyl/N-ethyl adjacent to an activating group) is 1. The second-order valence-electron chi connectivity index (χ2n) is 4.84. The van der Waals surface area contributed by atoms with E-state index in [0.717, 1.165) is 18.9 Å². The van der Waals surface area contributed by atoms with Gasteiger partial charge < -0.3 is 5.32 Å². The predicted octanol–water partition coefficient (Wildman–Crippen LogP) is 2.59. The molecular weight excluding hydrogens is 218 g/mol. The van der Waals surface area contributed by atoms with Crippen molar-refractivity contribution < 1.29 is 0 Å². The Hall–Kier alpha value is -0.480. The number of nitrogens with zero attached hydrogens (tertiary/aromatic N) is 2. The molecule has 3 nitrogen and oxygen atoms in total. The summed E-state index contributed by atoms with van der Waals surface area (Å²) in [7, 11) is 1.98. The Morgan fingerprint density at radius 1 is 1.25 bits per heavy atom. The molecule has 1 heterocycles. The maximum atomic E-state index is 4.36. The summed E-state index contributed by atoms with van der Waals surface area (Å²) in [6.45, 7) is 3.35. The van der Waals surface area contributed by atoms with Gasteiger partial charge in [0.2, 0.25) is 0 Å². The fraction of sp³-hybridized carbons (Fsp3) is 0.833. The molecule has 0 radical (unpaired) electrons. The van der Waals surface area contributed by atoms with Crippen LogP contribution < -0.4 is 5.32 Å². The smallest absolute Gasteiger partial charge is 0.120 e. The van der Waals surface area contributed by atoms with Gasteiger partial charge in [-0.25, -0.2) is 0 Å². The molecule has 1 N–H and O–H groups in total. The van der Waals surface area contributed by atoms with E-state index in [1.165, 1.54) is 35.7 Å². The van der Waals surface area contributed by atoms with Crippen molar-refractivity contribution in [3.05, 3.63) is 10.0 Å². The van der Waals surface area contributed by atoms with Crippen LogP contribution >= 0.6 is 11.3 Å². The second kappa shape index (κ2) is 5.73. The lowest BCUT2D eigenvalue weighted by atomic mass is 9.83. The molecule has 0 bridgehead atoms. The number of hydrogen-bond acceptors (Lipinski definition) is 4. The molecule has 1 saturated carbocycles. The lowest BCUT2D eigenvalue weighted by molar-refractivity contribution is 0.346. The van der Waals surface area contributed by atoms with Gasteiger partial charge >= 0.3 is 0 Å². The highest BCUT2D eigenvalue weighted by atomic mass is 32.1. The third-order valence-corrected chi connectivity index (χ3v) is 4.58. The normalized spacial score (nSPS) is 25.9. The fourth-order valence-electron chi connectivity index (χ4n) is 2.27. The molecule has 1 aliphatic rings. The molecule has 0 atom stereocenters. The molecule has 0 aromatic carbocycles. The molecule has 1 aromatic rings. The summed E-state index contributed by atoms with van der Waals surface area (Å²) in [5.74, 6) is 1.60. The van der Waals surface area contributed by atoms with Gasteiger partial charge in [-0.05, 0) is 25.8 Å². The molecule has 4 heteroatoms. The number of hydrogen-bond donors (Lipinski definition) is 1. The van der Waals surface area contributed by atoms with E-state index < -0.39 is 0 Å². The topological polar surface area (TPSA) is 37.8 Å². The van der Waals surface area contributed by atoms with Crippen molar-refractivity contribution in [3.8, 4) is 0 Å². The molecule has 0 amide bonds. The summed E-state index contributed by atoms with van der Waals surface area (Å²) >= 11 is 1.82. The predicted molar refractivity (Wildman–Crippen MR) is 67.9 cm³/mol. The van der Waals surface area contributed by atoms with Gasteiger partial charge in [-0.2, -0.15) is 0 Å². The Bertz CT molecular complexity index is 316. The summed E-state index contributed by atoms with van der Waals surface area (Å²) in [5, 5.41) is 14.2. The average molecular weight is 239 g/mol. The molecule has 0 spiro atoms. The van der Waals surface area contributed by atoms with Crippen LogP contribution in [0.15, 0.2) is 0 Å². The maximum absolute atomic E-state index is 4.36. The molecular formula is C12H21N3S. The van der Waals surface area contributed by atoms with Gasteiger partial charge in [0.15, 0.2) is 0 Å². The Kier molecular flexibility index (Phi) is 4.29. The first kappa shape index (κ1) is 12.0. The van der Waals surface area contributed by atoms with Gasteiger partial charge in [0.1, 0.15) is 10.0 Å². The van der Waals surface area contributed by atoms with E-state index in [-0.39, 0.29) is 0 Å². The van der Waals surface area contributed by atoms with E-state index in [1.807, 2.05) is 18.4 Å². The van der Waals surface area contributed by atoms with E-state index in [9.17, 15) is 0 Å². The van der Waals surface area contributed by atoms with Gasteiger partial charge in [0.25, 0.3) is 0 Å². The van der Waals surface area contributed by atoms with Gasteiger partial charge in [-0.15, -0.1) is 21.5 Å². The minimum absolute atomic E-state index is 0.692. The monoisotopic (exact) mass is 239 g/mol. The SMILES string of the molecule is CNCCc1nnc(C2CCC(C)CC2)s1. The van der Waals surface area contributed by atoms with Crippen LogP contribution in [0.3, 0.4) is 0 Å². The fourth-order valence-corrected chi connectivity index (χ4v) is 3.28. The Balaban J connectivity index is 1.91. The summed E-state index contributed by atoms with van der Waals surface area (Å²) in [4.78, 5) is 0. The molecule has 1 aliphatic carbocycles. The minimum Gasteiger partial charge on any atom is -0.319 e. The van der Waals surface area contributed by atoms with Crippen molar-refractivity contribution in [2.75, 3.05) is 13.6 Å². The van der Waals surface area contributed by atoms with E-state index in [1.54, 1.807) is 0 Å². The molecule has 16 heavy (non-hydrogen) atoms. The molecule has 0 unspecified atom stereocenters. The summed E-state index contributed by atoms with van der Waals surface area (Å²) in [5.41, 5.74) is 0. The van der Waals surface area contributed by atoms with Crippen LogP contribution in [-0.2, 0) is 6.42 Å². The first-order valence-electron chi connectivity index (χ1n) is 6.26. The van der Waals surface area contributed by atoms with Crippen LogP contribution in [-0.4, -0.2) is 23.8 Å². The van der Waals surface area contributed by atoms with Crippen LogP contribution in [0.2, 0.25) is 0 Å². The van der Waals surface area contributed by atoms with Crippen molar-refractivity contribution in [1.82, 2.24) is 15.5 Å². The molecule has 2 rings (SSSR count). The van der Waals surface area contributed by atoms with Gasteiger partial charge in [0.05, 0.1) is 0 Å². The lowest BCUT2D eigenvalue weighted by Crippen LogP contribution is -2.10. The zero-order valence-electron chi connectivity index (χ0n) is 10.2. The molecule has 1 fully saturated rings. The number of rotatable bonds is 4. The van der Waals surface area contributed by atoms with E-state index in [4.69, 9.17) is 0 Å². The maximum Gasteiger partial charge on any atom is 0.120 e. The van der Waals surface area contributed by atoms with E-state index in [0.29, 0.717) is 5.92 Å². The van der Waals surface area contributed by atoms with E-state index in [2.05, 4.69) is 22.4 Å².